The van der Waals surface area contributed by atoms with E-state index in [9.17, 15) is 18.3 Å². The third kappa shape index (κ3) is 4.22. The number of aromatic nitrogens is 2. The van der Waals surface area contributed by atoms with Crippen molar-refractivity contribution in [1.82, 2.24) is 14.7 Å². The van der Waals surface area contributed by atoms with Crippen LogP contribution in [0.2, 0.25) is 0 Å². The summed E-state index contributed by atoms with van der Waals surface area (Å²) in [7, 11) is 0. The van der Waals surface area contributed by atoms with Crippen molar-refractivity contribution in [2.75, 3.05) is 19.6 Å². The number of likely N-dealkylation sites (tertiary alicyclic amines) is 1. The van der Waals surface area contributed by atoms with Gasteiger partial charge in [-0.3, -0.25) is 9.58 Å². The van der Waals surface area contributed by atoms with Crippen LogP contribution in [0.25, 0.3) is 0 Å². The molecule has 0 radical (unpaired) electrons. The lowest BCUT2D eigenvalue weighted by atomic mass is 9.94. The Morgan fingerprint density at radius 1 is 1.12 bits per heavy atom. The van der Waals surface area contributed by atoms with Crippen LogP contribution in [0.15, 0.2) is 42.6 Å². The summed E-state index contributed by atoms with van der Waals surface area (Å²) in [6, 6.07) is 10.5. The molecule has 1 aliphatic rings. The maximum atomic E-state index is 12.7. The van der Waals surface area contributed by atoms with E-state index in [1.807, 2.05) is 30.3 Å². The summed E-state index contributed by atoms with van der Waals surface area (Å²) in [5.74, 6) is 0. The molecule has 0 saturated carbocycles. The highest BCUT2D eigenvalue weighted by molar-refractivity contribution is 5.21. The van der Waals surface area contributed by atoms with E-state index in [4.69, 9.17) is 0 Å². The van der Waals surface area contributed by atoms with Crippen LogP contribution in [0.3, 0.4) is 0 Å². The van der Waals surface area contributed by atoms with Gasteiger partial charge in [-0.2, -0.15) is 18.3 Å². The predicted octanol–water partition coefficient (Wildman–Crippen LogP) is 3.45. The van der Waals surface area contributed by atoms with Crippen LogP contribution < -0.4 is 0 Å². The third-order valence-corrected chi connectivity index (χ3v) is 4.76. The van der Waals surface area contributed by atoms with Gasteiger partial charge in [-0.1, -0.05) is 30.3 Å². The second-order valence-corrected chi connectivity index (χ2v) is 6.83. The molecule has 1 aliphatic heterocycles. The van der Waals surface area contributed by atoms with E-state index in [1.54, 1.807) is 6.92 Å². The molecule has 0 aliphatic carbocycles. The van der Waals surface area contributed by atoms with Gasteiger partial charge in [0.25, 0.3) is 0 Å². The molecule has 0 amide bonds. The molecule has 1 fully saturated rings. The highest BCUT2D eigenvalue weighted by Crippen LogP contribution is 2.30. The van der Waals surface area contributed by atoms with Crippen molar-refractivity contribution in [2.45, 2.75) is 37.6 Å². The quantitative estimate of drug-likeness (QED) is 0.915. The number of piperidine rings is 1. The van der Waals surface area contributed by atoms with Crippen LogP contribution in [0.5, 0.6) is 0 Å². The molecular weight excluding hydrogens is 331 g/mol. The summed E-state index contributed by atoms with van der Waals surface area (Å²) < 4.78 is 39.4. The Kier molecular flexibility index (Phi) is 4.88. The van der Waals surface area contributed by atoms with Gasteiger partial charge in [0.2, 0.25) is 0 Å². The first kappa shape index (κ1) is 17.9. The van der Waals surface area contributed by atoms with Crippen molar-refractivity contribution in [2.24, 2.45) is 0 Å². The van der Waals surface area contributed by atoms with E-state index in [1.165, 1.54) is 10.9 Å². The fraction of sp³-hybridized carbons (Fsp3) is 0.500. The average Bonchev–Trinajstić information content (AvgIpc) is 3.06. The van der Waals surface area contributed by atoms with Crippen molar-refractivity contribution < 1.29 is 18.3 Å². The Morgan fingerprint density at radius 2 is 1.76 bits per heavy atom. The number of halogens is 3. The summed E-state index contributed by atoms with van der Waals surface area (Å²) in [5.41, 5.74) is -0.940. The smallest absolute Gasteiger partial charge is 0.384 e. The topological polar surface area (TPSA) is 41.3 Å². The molecule has 3 rings (SSSR count). The summed E-state index contributed by atoms with van der Waals surface area (Å²) in [5, 5.41) is 14.4. The van der Waals surface area contributed by atoms with Gasteiger partial charge in [0.15, 0.2) is 5.69 Å². The highest BCUT2D eigenvalue weighted by Gasteiger charge is 2.35. The molecule has 25 heavy (non-hydrogen) atoms. The van der Waals surface area contributed by atoms with Gasteiger partial charge < -0.3 is 5.11 Å². The Hall–Kier alpha value is -1.86. The van der Waals surface area contributed by atoms with Gasteiger partial charge in [-0.15, -0.1) is 0 Å². The number of aliphatic hydroxyl groups is 1. The van der Waals surface area contributed by atoms with Crippen LogP contribution in [0.1, 0.15) is 37.1 Å². The molecule has 1 saturated heterocycles. The maximum absolute atomic E-state index is 12.7. The zero-order chi connectivity index (χ0) is 18.1. The number of hydrogen-bond acceptors (Lipinski definition) is 3. The monoisotopic (exact) mass is 353 g/mol. The summed E-state index contributed by atoms with van der Waals surface area (Å²) >= 11 is 0. The number of alkyl halides is 3. The molecule has 136 valence electrons. The fourth-order valence-electron chi connectivity index (χ4n) is 3.36. The number of β-amino-alcohol motifs (C(OH)–C–C–N with tert-alkyl or cyclic N) is 1. The summed E-state index contributed by atoms with van der Waals surface area (Å²) in [6.45, 7) is 3.72. The van der Waals surface area contributed by atoms with Gasteiger partial charge in [0.05, 0.1) is 11.6 Å². The Morgan fingerprint density at radius 3 is 2.32 bits per heavy atom. The van der Waals surface area contributed by atoms with Gasteiger partial charge in [-0.25, -0.2) is 0 Å². The lowest BCUT2D eigenvalue weighted by Crippen LogP contribution is -2.43. The van der Waals surface area contributed by atoms with Gasteiger partial charge in [-0.05, 0) is 31.4 Å². The van der Waals surface area contributed by atoms with Crippen molar-refractivity contribution in [3.05, 3.63) is 53.9 Å². The Bertz CT molecular complexity index is 689. The third-order valence-electron chi connectivity index (χ3n) is 4.76. The molecule has 1 aromatic carbocycles. The molecule has 1 unspecified atom stereocenters. The number of hydrogen-bond donors (Lipinski definition) is 1. The van der Waals surface area contributed by atoms with Crippen LogP contribution >= 0.6 is 0 Å². The highest BCUT2D eigenvalue weighted by atomic mass is 19.4. The first-order valence-electron chi connectivity index (χ1n) is 8.38. The van der Waals surface area contributed by atoms with E-state index in [2.05, 4.69) is 10.00 Å². The average molecular weight is 353 g/mol. The summed E-state index contributed by atoms with van der Waals surface area (Å²) in [6.07, 6.45) is -1.57. The Labute approximate surface area is 144 Å². The van der Waals surface area contributed by atoms with E-state index in [0.717, 1.165) is 24.7 Å². The van der Waals surface area contributed by atoms with Crippen LogP contribution in [0.4, 0.5) is 13.2 Å². The molecule has 1 N–H and O–H groups in total. The predicted molar refractivity (Wildman–Crippen MR) is 88.0 cm³/mol. The van der Waals surface area contributed by atoms with E-state index in [-0.39, 0.29) is 6.04 Å². The largest absolute Gasteiger partial charge is 0.435 e. The van der Waals surface area contributed by atoms with Crippen LogP contribution in [-0.4, -0.2) is 39.4 Å². The van der Waals surface area contributed by atoms with Crippen molar-refractivity contribution in [3.8, 4) is 0 Å². The van der Waals surface area contributed by atoms with Crippen molar-refractivity contribution in [3.63, 3.8) is 0 Å². The number of rotatable bonds is 4. The Balaban J connectivity index is 1.58. The molecule has 2 aromatic rings. The minimum atomic E-state index is -4.40. The minimum Gasteiger partial charge on any atom is -0.384 e. The maximum Gasteiger partial charge on any atom is 0.435 e. The number of benzene rings is 1. The van der Waals surface area contributed by atoms with E-state index in [0.29, 0.717) is 19.4 Å². The standard InChI is InChI=1S/C18H22F3N3O/c1-17(25,14-5-3-2-4-6-14)13-23-10-7-15(8-11-23)24-12-9-16(22-24)18(19,20)21/h2-6,9,12,15,25H,7-8,10-11,13H2,1H3. The fourth-order valence-corrected chi connectivity index (χ4v) is 3.36. The van der Waals surface area contributed by atoms with E-state index < -0.39 is 17.5 Å². The van der Waals surface area contributed by atoms with Gasteiger partial charge >= 0.3 is 6.18 Å². The molecule has 4 nitrogen and oxygen atoms in total. The molecule has 1 aromatic heterocycles. The first-order valence-corrected chi connectivity index (χ1v) is 8.38. The van der Waals surface area contributed by atoms with Crippen molar-refractivity contribution in [1.29, 1.82) is 0 Å². The number of nitrogens with zero attached hydrogens (tertiary/aromatic N) is 3. The molecule has 7 heteroatoms. The first-order chi connectivity index (χ1) is 11.8. The lowest BCUT2D eigenvalue weighted by molar-refractivity contribution is -0.141. The zero-order valence-corrected chi connectivity index (χ0v) is 14.1. The van der Waals surface area contributed by atoms with Gasteiger partial charge in [0.1, 0.15) is 0 Å². The molecule has 1 atom stereocenters. The van der Waals surface area contributed by atoms with E-state index >= 15 is 0 Å². The molecular formula is C18H22F3N3O. The second-order valence-electron chi connectivity index (χ2n) is 6.83. The second kappa shape index (κ2) is 6.80. The minimum absolute atomic E-state index is 0.0333. The molecule has 0 spiro atoms. The van der Waals surface area contributed by atoms with Crippen molar-refractivity contribution >= 4 is 0 Å². The summed E-state index contributed by atoms with van der Waals surface area (Å²) in [4.78, 5) is 2.15. The van der Waals surface area contributed by atoms with Crippen LogP contribution in [-0.2, 0) is 11.8 Å². The SMILES string of the molecule is CC(O)(CN1CCC(n2ccc(C(F)(F)F)n2)CC1)c1ccccc1. The molecule has 2 heterocycles. The normalized spacial score (nSPS) is 19.7. The molecule has 0 bridgehead atoms. The zero-order valence-electron chi connectivity index (χ0n) is 14.1. The van der Waals surface area contributed by atoms with Crippen LogP contribution in [0, 0.1) is 0 Å². The van der Waals surface area contributed by atoms with Gasteiger partial charge in [0, 0.05) is 25.8 Å². The lowest BCUT2D eigenvalue weighted by Gasteiger charge is -2.36.